The second-order valence-corrected chi connectivity index (χ2v) is 5.05. The van der Waals surface area contributed by atoms with Crippen molar-refractivity contribution < 1.29 is 19.2 Å². The highest BCUT2D eigenvalue weighted by atomic mass is 16.6. The van der Waals surface area contributed by atoms with Crippen LogP contribution < -0.4 is 20.1 Å². The average molecular weight is 345 g/mol. The first-order chi connectivity index (χ1) is 12.0. The molecule has 0 unspecified atom stereocenters. The molecule has 0 fully saturated rings. The number of nitro benzene ring substituents is 1. The molecule has 0 aliphatic heterocycles. The molecule has 0 aromatic heterocycles. The average Bonchev–Trinajstić information content (AvgIpc) is 2.64. The fourth-order valence-corrected chi connectivity index (χ4v) is 2.17. The summed E-state index contributed by atoms with van der Waals surface area (Å²) in [4.78, 5) is 22.4. The van der Waals surface area contributed by atoms with Crippen molar-refractivity contribution >= 4 is 17.3 Å². The van der Waals surface area contributed by atoms with Crippen LogP contribution in [0.2, 0.25) is 0 Å². The lowest BCUT2D eigenvalue weighted by molar-refractivity contribution is -0.384. The predicted octanol–water partition coefficient (Wildman–Crippen LogP) is 2.45. The third kappa shape index (κ3) is 4.84. The number of nitro groups is 1. The van der Waals surface area contributed by atoms with Gasteiger partial charge in [0, 0.05) is 30.9 Å². The normalized spacial score (nSPS) is 10.0. The summed E-state index contributed by atoms with van der Waals surface area (Å²) in [6, 6.07) is 11.1. The van der Waals surface area contributed by atoms with Crippen LogP contribution in [0.4, 0.5) is 11.4 Å². The number of hydrogen-bond donors (Lipinski definition) is 2. The fraction of sp³-hybridized carbons (Fsp3) is 0.235. The molecule has 0 heterocycles. The van der Waals surface area contributed by atoms with Gasteiger partial charge >= 0.3 is 0 Å². The van der Waals surface area contributed by atoms with Gasteiger partial charge < -0.3 is 20.1 Å². The third-order valence-corrected chi connectivity index (χ3v) is 3.47. The van der Waals surface area contributed by atoms with Crippen molar-refractivity contribution in [2.24, 2.45) is 0 Å². The van der Waals surface area contributed by atoms with Gasteiger partial charge in [0.2, 0.25) is 0 Å². The monoisotopic (exact) mass is 345 g/mol. The molecule has 8 heteroatoms. The summed E-state index contributed by atoms with van der Waals surface area (Å²) in [5, 5.41) is 16.5. The number of nitrogens with zero attached hydrogens (tertiary/aromatic N) is 1. The number of benzene rings is 2. The van der Waals surface area contributed by atoms with E-state index in [-0.39, 0.29) is 11.6 Å². The molecular formula is C17H19N3O5. The maximum absolute atomic E-state index is 12.3. The lowest BCUT2D eigenvalue weighted by atomic mass is 10.1. The topological polar surface area (TPSA) is 103 Å². The van der Waals surface area contributed by atoms with Crippen LogP contribution in [0.3, 0.4) is 0 Å². The van der Waals surface area contributed by atoms with E-state index in [0.717, 1.165) is 5.69 Å². The zero-order valence-electron chi connectivity index (χ0n) is 13.9. The lowest BCUT2D eigenvalue weighted by Gasteiger charge is -2.11. The van der Waals surface area contributed by atoms with E-state index in [1.807, 2.05) is 0 Å². The second kappa shape index (κ2) is 8.53. The van der Waals surface area contributed by atoms with Gasteiger partial charge in [-0.1, -0.05) is 0 Å². The second-order valence-electron chi connectivity index (χ2n) is 5.05. The minimum absolute atomic E-state index is 0.0315. The number of ether oxygens (including phenoxy) is 2. The van der Waals surface area contributed by atoms with Gasteiger partial charge in [-0.3, -0.25) is 14.9 Å². The number of rotatable bonds is 8. The van der Waals surface area contributed by atoms with E-state index < -0.39 is 4.92 Å². The third-order valence-electron chi connectivity index (χ3n) is 3.47. The van der Waals surface area contributed by atoms with Crippen LogP contribution in [0.25, 0.3) is 0 Å². The summed E-state index contributed by atoms with van der Waals surface area (Å²) in [5.74, 6) is 0.748. The first-order valence-corrected chi connectivity index (χ1v) is 7.53. The molecule has 0 saturated heterocycles. The smallest absolute Gasteiger partial charge is 0.269 e. The maximum Gasteiger partial charge on any atom is 0.269 e. The maximum atomic E-state index is 12.3. The minimum Gasteiger partial charge on any atom is -0.497 e. The van der Waals surface area contributed by atoms with Crippen molar-refractivity contribution in [3.63, 3.8) is 0 Å². The lowest BCUT2D eigenvalue weighted by Crippen LogP contribution is -2.29. The van der Waals surface area contributed by atoms with E-state index >= 15 is 0 Å². The van der Waals surface area contributed by atoms with Gasteiger partial charge in [0.25, 0.3) is 11.6 Å². The Hall–Kier alpha value is -3.29. The van der Waals surface area contributed by atoms with Crippen LogP contribution in [0, 0.1) is 10.1 Å². The van der Waals surface area contributed by atoms with E-state index in [2.05, 4.69) is 10.6 Å². The Morgan fingerprint density at radius 3 is 2.40 bits per heavy atom. The first kappa shape index (κ1) is 18.1. The molecule has 1 amide bonds. The Morgan fingerprint density at radius 2 is 1.80 bits per heavy atom. The molecule has 2 N–H and O–H groups in total. The SMILES string of the molecule is COc1ccc(OC)c(C(=O)NCCNc2ccc([N+](=O)[O-])cc2)c1. The molecule has 0 bridgehead atoms. The van der Waals surface area contributed by atoms with Crippen molar-refractivity contribution in [1.29, 1.82) is 0 Å². The number of amides is 1. The first-order valence-electron chi connectivity index (χ1n) is 7.53. The van der Waals surface area contributed by atoms with E-state index in [9.17, 15) is 14.9 Å². The van der Waals surface area contributed by atoms with Crippen molar-refractivity contribution in [1.82, 2.24) is 5.32 Å². The van der Waals surface area contributed by atoms with Crippen LogP contribution >= 0.6 is 0 Å². The van der Waals surface area contributed by atoms with Crippen LogP contribution in [0.5, 0.6) is 11.5 Å². The number of carbonyl (C=O) groups excluding carboxylic acids is 1. The van der Waals surface area contributed by atoms with Crippen LogP contribution in [-0.4, -0.2) is 38.1 Å². The molecule has 25 heavy (non-hydrogen) atoms. The highest BCUT2D eigenvalue weighted by Gasteiger charge is 2.13. The molecule has 0 radical (unpaired) electrons. The van der Waals surface area contributed by atoms with Crippen LogP contribution in [0.1, 0.15) is 10.4 Å². The summed E-state index contributed by atoms with van der Waals surface area (Å²) in [6.45, 7) is 0.839. The molecular weight excluding hydrogens is 326 g/mol. The number of anilines is 1. The summed E-state index contributed by atoms with van der Waals surface area (Å²) >= 11 is 0. The van der Waals surface area contributed by atoms with E-state index in [4.69, 9.17) is 9.47 Å². The molecule has 0 saturated carbocycles. The van der Waals surface area contributed by atoms with Crippen LogP contribution in [0.15, 0.2) is 42.5 Å². The highest BCUT2D eigenvalue weighted by Crippen LogP contribution is 2.23. The Morgan fingerprint density at radius 1 is 1.08 bits per heavy atom. The van der Waals surface area contributed by atoms with Gasteiger partial charge in [0.15, 0.2) is 0 Å². The number of nitrogens with one attached hydrogen (secondary N) is 2. The quantitative estimate of drug-likeness (QED) is 0.433. The molecule has 0 spiro atoms. The van der Waals surface area contributed by atoms with Gasteiger partial charge in [-0.15, -0.1) is 0 Å². The molecule has 2 aromatic rings. The van der Waals surface area contributed by atoms with Crippen molar-refractivity contribution in [2.75, 3.05) is 32.6 Å². The van der Waals surface area contributed by atoms with Crippen molar-refractivity contribution in [3.8, 4) is 11.5 Å². The highest BCUT2D eigenvalue weighted by molar-refractivity contribution is 5.97. The zero-order chi connectivity index (χ0) is 18.2. The van der Waals surface area contributed by atoms with E-state index in [1.165, 1.54) is 26.4 Å². The van der Waals surface area contributed by atoms with Gasteiger partial charge in [-0.25, -0.2) is 0 Å². The minimum atomic E-state index is -0.453. The van der Waals surface area contributed by atoms with Gasteiger partial charge in [0.05, 0.1) is 24.7 Å². The van der Waals surface area contributed by atoms with Gasteiger partial charge in [-0.2, -0.15) is 0 Å². The van der Waals surface area contributed by atoms with E-state index in [1.54, 1.807) is 30.3 Å². The fourth-order valence-electron chi connectivity index (χ4n) is 2.17. The Bertz CT molecular complexity index is 746. The van der Waals surface area contributed by atoms with Crippen molar-refractivity contribution in [3.05, 3.63) is 58.1 Å². The Balaban J connectivity index is 1.87. The predicted molar refractivity (Wildman–Crippen MR) is 93.5 cm³/mol. The number of hydrogen-bond acceptors (Lipinski definition) is 6. The Kier molecular flexibility index (Phi) is 6.16. The largest absolute Gasteiger partial charge is 0.497 e. The standard InChI is InChI=1S/C17H19N3O5/c1-24-14-7-8-16(25-2)15(11-14)17(21)19-10-9-18-12-3-5-13(6-4-12)20(22)23/h3-8,11,18H,9-10H2,1-2H3,(H,19,21). The number of non-ortho nitro benzene ring substituents is 1. The van der Waals surface area contributed by atoms with Crippen LogP contribution in [-0.2, 0) is 0 Å². The summed E-state index contributed by atoms with van der Waals surface area (Å²) in [6.07, 6.45) is 0. The number of carbonyl (C=O) groups is 1. The molecule has 0 aliphatic carbocycles. The summed E-state index contributed by atoms with van der Waals surface area (Å²) in [7, 11) is 3.02. The molecule has 8 nitrogen and oxygen atoms in total. The van der Waals surface area contributed by atoms with Crippen molar-refractivity contribution in [2.45, 2.75) is 0 Å². The Labute approximate surface area is 144 Å². The molecule has 132 valence electrons. The number of methoxy groups -OCH3 is 2. The molecule has 2 rings (SSSR count). The van der Waals surface area contributed by atoms with Gasteiger partial charge in [-0.05, 0) is 30.3 Å². The summed E-state index contributed by atoms with van der Waals surface area (Å²) < 4.78 is 10.3. The van der Waals surface area contributed by atoms with E-state index in [0.29, 0.717) is 30.2 Å². The molecule has 0 atom stereocenters. The van der Waals surface area contributed by atoms with Gasteiger partial charge in [0.1, 0.15) is 11.5 Å². The molecule has 0 aliphatic rings. The summed E-state index contributed by atoms with van der Waals surface area (Å²) in [5.41, 5.74) is 1.15. The molecule has 2 aromatic carbocycles. The zero-order valence-corrected chi connectivity index (χ0v) is 13.9.